The molecule has 136 valence electrons. The van der Waals surface area contributed by atoms with E-state index >= 15 is 0 Å². The third-order valence-electron chi connectivity index (χ3n) is 4.46. The van der Waals surface area contributed by atoms with Gasteiger partial charge in [-0.2, -0.15) is 5.10 Å². The van der Waals surface area contributed by atoms with Crippen LogP contribution in [0.4, 0.5) is 0 Å². The lowest BCUT2D eigenvalue weighted by molar-refractivity contribution is -0.120. The Morgan fingerprint density at radius 1 is 1.27 bits per heavy atom. The molecule has 1 aromatic carbocycles. The maximum Gasteiger partial charge on any atom is 0.256 e. The van der Waals surface area contributed by atoms with Crippen molar-refractivity contribution in [1.29, 1.82) is 0 Å². The van der Waals surface area contributed by atoms with E-state index in [0.29, 0.717) is 17.8 Å². The Bertz CT molecular complexity index is 1000. The first-order valence-electron chi connectivity index (χ1n) is 8.65. The highest BCUT2D eigenvalue weighted by Crippen LogP contribution is 2.15. The molecular weight excluding hydrogens is 330 g/mol. The summed E-state index contributed by atoms with van der Waals surface area (Å²) in [5, 5.41) is 8.41. The average Bonchev–Trinajstić information content (AvgIpc) is 3.01. The molecule has 1 N–H and O–H groups in total. The number of rotatable bonds is 6. The molecule has 0 unspecified atom stereocenters. The van der Waals surface area contributed by atoms with Gasteiger partial charge in [-0.25, -0.2) is 4.98 Å². The van der Waals surface area contributed by atoms with Crippen molar-refractivity contribution < 1.29 is 4.79 Å². The van der Waals surface area contributed by atoms with Gasteiger partial charge in [0.2, 0.25) is 5.91 Å². The lowest BCUT2D eigenvalue weighted by Gasteiger charge is -2.08. The van der Waals surface area contributed by atoms with Gasteiger partial charge >= 0.3 is 0 Å². The summed E-state index contributed by atoms with van der Waals surface area (Å²) in [5.41, 5.74) is 3.23. The van der Waals surface area contributed by atoms with E-state index in [-0.39, 0.29) is 17.9 Å². The van der Waals surface area contributed by atoms with Crippen LogP contribution >= 0.6 is 0 Å². The third-order valence-corrected chi connectivity index (χ3v) is 4.46. The van der Waals surface area contributed by atoms with Gasteiger partial charge in [-0.15, -0.1) is 0 Å². The number of aromatic nitrogens is 4. The Kier molecular flexibility index (Phi) is 5.16. The van der Waals surface area contributed by atoms with E-state index in [4.69, 9.17) is 0 Å². The second-order valence-corrected chi connectivity index (χ2v) is 6.54. The fourth-order valence-electron chi connectivity index (χ4n) is 2.90. The summed E-state index contributed by atoms with van der Waals surface area (Å²) in [6.45, 7) is 5.04. The molecule has 0 radical (unpaired) electrons. The minimum atomic E-state index is -0.130. The lowest BCUT2D eigenvalue weighted by atomic mass is 10.2. The average molecular weight is 353 g/mol. The Balaban J connectivity index is 1.52. The van der Waals surface area contributed by atoms with Gasteiger partial charge in [0.25, 0.3) is 5.56 Å². The molecule has 3 aromatic rings. The number of hydrogen-bond acceptors (Lipinski definition) is 4. The molecule has 0 bridgehead atoms. The smallest absolute Gasteiger partial charge is 0.256 e. The number of hydrogen-bond donors (Lipinski definition) is 1. The molecule has 0 aliphatic rings. The molecule has 0 fully saturated rings. The quantitative estimate of drug-likeness (QED) is 0.681. The maximum absolute atomic E-state index is 12.1. The Labute approximate surface area is 151 Å². The van der Waals surface area contributed by atoms with Crippen LogP contribution in [0.2, 0.25) is 0 Å². The number of amides is 1. The Morgan fingerprint density at radius 3 is 2.88 bits per heavy atom. The van der Waals surface area contributed by atoms with Gasteiger partial charge in [0.15, 0.2) is 0 Å². The van der Waals surface area contributed by atoms with Crippen LogP contribution in [-0.4, -0.2) is 31.8 Å². The van der Waals surface area contributed by atoms with Crippen LogP contribution < -0.4 is 10.9 Å². The van der Waals surface area contributed by atoms with Crippen molar-refractivity contribution in [2.75, 3.05) is 6.54 Å². The molecule has 7 heteroatoms. The van der Waals surface area contributed by atoms with Crippen LogP contribution in [0.1, 0.15) is 23.2 Å². The van der Waals surface area contributed by atoms with Gasteiger partial charge in [0, 0.05) is 31.1 Å². The summed E-state index contributed by atoms with van der Waals surface area (Å²) in [7, 11) is 1.65. The Morgan fingerprint density at radius 2 is 2.08 bits per heavy atom. The summed E-state index contributed by atoms with van der Waals surface area (Å²) < 4.78 is 3.37. The third kappa shape index (κ3) is 3.82. The molecule has 0 saturated carbocycles. The van der Waals surface area contributed by atoms with Crippen LogP contribution in [0.5, 0.6) is 0 Å². The highest BCUT2D eigenvalue weighted by Gasteiger charge is 2.10. The summed E-state index contributed by atoms with van der Waals surface area (Å²) in [4.78, 5) is 28.1. The van der Waals surface area contributed by atoms with Gasteiger partial charge in [-0.05, 0) is 31.9 Å². The zero-order chi connectivity index (χ0) is 18.7. The van der Waals surface area contributed by atoms with E-state index in [1.165, 1.54) is 16.5 Å². The predicted molar refractivity (Wildman–Crippen MR) is 100 cm³/mol. The second kappa shape index (κ2) is 7.51. The molecule has 3 rings (SSSR count). The first-order chi connectivity index (χ1) is 12.5. The lowest BCUT2D eigenvalue weighted by Crippen LogP contribution is -2.29. The zero-order valence-corrected chi connectivity index (χ0v) is 15.3. The van der Waals surface area contributed by atoms with Crippen molar-refractivity contribution in [2.45, 2.75) is 33.2 Å². The fourth-order valence-corrected chi connectivity index (χ4v) is 2.90. The molecule has 2 heterocycles. The van der Waals surface area contributed by atoms with Crippen molar-refractivity contribution in [3.63, 3.8) is 0 Å². The number of nitrogens with one attached hydrogen (secondary N) is 1. The van der Waals surface area contributed by atoms with Crippen LogP contribution in [0.3, 0.4) is 0 Å². The summed E-state index contributed by atoms with van der Waals surface area (Å²) in [6, 6.07) is 6.25. The van der Waals surface area contributed by atoms with E-state index in [1.807, 2.05) is 10.9 Å². The zero-order valence-electron chi connectivity index (χ0n) is 15.3. The molecule has 26 heavy (non-hydrogen) atoms. The van der Waals surface area contributed by atoms with E-state index in [0.717, 1.165) is 23.9 Å². The summed E-state index contributed by atoms with van der Waals surface area (Å²) >= 11 is 0. The molecule has 2 aromatic heterocycles. The first kappa shape index (κ1) is 17.8. The van der Waals surface area contributed by atoms with Gasteiger partial charge < -0.3 is 9.88 Å². The standard InChI is InChI=1S/C19H23N5O2/c1-13-5-6-15-11-22-24(17(15)9-13)8-4-7-20-18(25)10-16-14(2)19(26)23(3)12-21-16/h5-6,9,11-12H,4,7-8,10H2,1-3H3,(H,20,25). The molecule has 7 nitrogen and oxygen atoms in total. The molecular formula is C19H23N5O2. The monoisotopic (exact) mass is 353 g/mol. The molecule has 0 atom stereocenters. The Hall–Kier alpha value is -2.96. The van der Waals surface area contributed by atoms with Gasteiger partial charge in [0.1, 0.15) is 0 Å². The summed E-state index contributed by atoms with van der Waals surface area (Å²) in [6.07, 6.45) is 4.20. The normalized spacial score (nSPS) is 11.0. The van der Waals surface area contributed by atoms with Crippen molar-refractivity contribution >= 4 is 16.8 Å². The largest absolute Gasteiger partial charge is 0.356 e. The van der Waals surface area contributed by atoms with E-state index in [9.17, 15) is 9.59 Å². The maximum atomic E-state index is 12.1. The first-order valence-corrected chi connectivity index (χ1v) is 8.65. The molecule has 0 aliphatic heterocycles. The van der Waals surface area contributed by atoms with Crippen molar-refractivity contribution in [3.05, 3.63) is 57.9 Å². The number of fused-ring (bicyclic) bond motifs is 1. The minimum Gasteiger partial charge on any atom is -0.356 e. The summed E-state index contributed by atoms with van der Waals surface area (Å²) in [5.74, 6) is -0.130. The number of nitrogens with zero attached hydrogens (tertiary/aromatic N) is 4. The number of aryl methyl sites for hydroxylation is 3. The van der Waals surface area contributed by atoms with Gasteiger partial charge in [0.05, 0.1) is 30.2 Å². The number of benzene rings is 1. The fraction of sp³-hybridized carbons (Fsp3) is 0.368. The highest BCUT2D eigenvalue weighted by atomic mass is 16.1. The predicted octanol–water partition coefficient (Wildman–Crippen LogP) is 1.50. The van der Waals surface area contributed by atoms with Crippen molar-refractivity contribution in [1.82, 2.24) is 24.6 Å². The van der Waals surface area contributed by atoms with Gasteiger partial charge in [-0.1, -0.05) is 12.1 Å². The molecule has 1 amide bonds. The van der Waals surface area contributed by atoms with Crippen LogP contribution in [-0.2, 0) is 24.8 Å². The SMILES string of the molecule is Cc1ccc2cnn(CCCNC(=O)Cc3ncn(C)c(=O)c3C)c2c1. The molecule has 0 aliphatic carbocycles. The number of carbonyl (C=O) groups excluding carboxylic acids is 1. The highest BCUT2D eigenvalue weighted by molar-refractivity contribution is 5.79. The minimum absolute atomic E-state index is 0.117. The second-order valence-electron chi connectivity index (χ2n) is 6.54. The van der Waals surface area contributed by atoms with Crippen LogP contribution in [0.25, 0.3) is 10.9 Å². The van der Waals surface area contributed by atoms with Crippen molar-refractivity contribution in [3.8, 4) is 0 Å². The van der Waals surface area contributed by atoms with Gasteiger partial charge in [-0.3, -0.25) is 14.3 Å². The van der Waals surface area contributed by atoms with E-state index in [1.54, 1.807) is 14.0 Å². The molecule has 0 saturated heterocycles. The van der Waals surface area contributed by atoms with Crippen LogP contribution in [0, 0.1) is 13.8 Å². The topological polar surface area (TPSA) is 81.8 Å². The van der Waals surface area contributed by atoms with E-state index < -0.39 is 0 Å². The number of carbonyl (C=O) groups is 1. The van der Waals surface area contributed by atoms with E-state index in [2.05, 4.69) is 40.5 Å². The van der Waals surface area contributed by atoms with Crippen molar-refractivity contribution in [2.24, 2.45) is 7.05 Å². The van der Waals surface area contributed by atoms with Crippen LogP contribution in [0.15, 0.2) is 35.5 Å². The molecule has 0 spiro atoms.